The van der Waals surface area contributed by atoms with Gasteiger partial charge in [0.05, 0.1) is 5.52 Å². The second kappa shape index (κ2) is 4.72. The van der Waals surface area contributed by atoms with E-state index in [1.165, 1.54) is 0 Å². The molecule has 3 nitrogen and oxygen atoms in total. The zero-order chi connectivity index (χ0) is 12.4. The van der Waals surface area contributed by atoms with Crippen molar-refractivity contribution in [2.75, 3.05) is 6.54 Å². The Morgan fingerprint density at radius 1 is 1.35 bits per heavy atom. The van der Waals surface area contributed by atoms with Crippen LogP contribution in [0.3, 0.4) is 0 Å². The molecule has 17 heavy (non-hydrogen) atoms. The Labute approximate surface area is 101 Å². The van der Waals surface area contributed by atoms with Crippen LogP contribution in [0.25, 0.3) is 10.9 Å². The van der Waals surface area contributed by atoms with Gasteiger partial charge in [0.1, 0.15) is 0 Å². The Morgan fingerprint density at radius 2 is 2.12 bits per heavy atom. The van der Waals surface area contributed by atoms with E-state index in [-0.39, 0.29) is 5.56 Å². The first kappa shape index (κ1) is 11.9. The normalized spacial score (nSPS) is 11.0. The Morgan fingerprint density at radius 3 is 2.82 bits per heavy atom. The SMILES string of the molecule is Cc1cccc2cc(CCCN)c(=O)n(C)c12. The highest BCUT2D eigenvalue weighted by molar-refractivity contribution is 5.82. The van der Waals surface area contributed by atoms with Crippen LogP contribution >= 0.6 is 0 Å². The molecule has 0 saturated heterocycles. The number of rotatable bonds is 3. The molecule has 0 bridgehead atoms. The second-order valence-corrected chi connectivity index (χ2v) is 4.44. The molecule has 2 rings (SSSR count). The third-order valence-corrected chi connectivity index (χ3v) is 3.16. The number of hydrogen-bond donors (Lipinski definition) is 1. The topological polar surface area (TPSA) is 48.0 Å². The average molecular weight is 230 g/mol. The van der Waals surface area contributed by atoms with Gasteiger partial charge in [0.15, 0.2) is 0 Å². The second-order valence-electron chi connectivity index (χ2n) is 4.44. The van der Waals surface area contributed by atoms with Crippen molar-refractivity contribution in [3.8, 4) is 0 Å². The van der Waals surface area contributed by atoms with Crippen molar-refractivity contribution in [2.45, 2.75) is 19.8 Å². The van der Waals surface area contributed by atoms with Crippen molar-refractivity contribution >= 4 is 10.9 Å². The maximum atomic E-state index is 12.2. The quantitative estimate of drug-likeness (QED) is 0.873. The lowest BCUT2D eigenvalue weighted by atomic mass is 10.1. The summed E-state index contributed by atoms with van der Waals surface area (Å²) in [5.74, 6) is 0. The number of nitrogens with zero attached hydrogens (tertiary/aromatic N) is 1. The third kappa shape index (κ3) is 2.11. The molecule has 0 unspecified atom stereocenters. The minimum Gasteiger partial charge on any atom is -0.330 e. The standard InChI is InChI=1S/C14H18N2O/c1-10-5-3-6-11-9-12(7-4-8-15)14(17)16(2)13(10)11/h3,5-6,9H,4,7-8,15H2,1-2H3. The van der Waals surface area contributed by atoms with E-state index in [1.807, 2.05) is 38.2 Å². The molecule has 0 amide bonds. The van der Waals surface area contributed by atoms with Gasteiger partial charge < -0.3 is 10.3 Å². The molecule has 2 aromatic rings. The number of hydrogen-bond acceptors (Lipinski definition) is 2. The zero-order valence-corrected chi connectivity index (χ0v) is 10.4. The lowest BCUT2D eigenvalue weighted by Gasteiger charge is -2.10. The number of para-hydroxylation sites is 1. The van der Waals surface area contributed by atoms with E-state index in [2.05, 4.69) is 0 Å². The number of nitrogens with two attached hydrogens (primary N) is 1. The van der Waals surface area contributed by atoms with Gasteiger partial charge in [0, 0.05) is 12.6 Å². The summed E-state index contributed by atoms with van der Waals surface area (Å²) in [6.07, 6.45) is 1.61. The number of aromatic nitrogens is 1. The summed E-state index contributed by atoms with van der Waals surface area (Å²) >= 11 is 0. The molecule has 0 radical (unpaired) electrons. The maximum absolute atomic E-state index is 12.2. The Bertz CT molecular complexity index is 599. The van der Waals surface area contributed by atoms with Crippen LogP contribution in [0, 0.1) is 6.92 Å². The molecule has 0 aliphatic carbocycles. The van der Waals surface area contributed by atoms with Crippen LogP contribution in [-0.4, -0.2) is 11.1 Å². The molecule has 0 saturated carbocycles. The van der Waals surface area contributed by atoms with E-state index in [1.54, 1.807) is 4.57 Å². The van der Waals surface area contributed by atoms with E-state index in [9.17, 15) is 4.79 Å². The molecule has 1 aromatic carbocycles. The summed E-state index contributed by atoms with van der Waals surface area (Å²) in [7, 11) is 1.84. The van der Waals surface area contributed by atoms with Crippen LogP contribution in [0.2, 0.25) is 0 Å². The van der Waals surface area contributed by atoms with Gasteiger partial charge in [0.2, 0.25) is 0 Å². The van der Waals surface area contributed by atoms with Crippen LogP contribution in [0.4, 0.5) is 0 Å². The van der Waals surface area contributed by atoms with Crippen LogP contribution in [0.1, 0.15) is 17.5 Å². The summed E-state index contributed by atoms with van der Waals surface area (Å²) < 4.78 is 1.75. The fourth-order valence-electron chi connectivity index (χ4n) is 2.29. The summed E-state index contributed by atoms with van der Waals surface area (Å²) in [6.45, 7) is 2.65. The van der Waals surface area contributed by atoms with Gasteiger partial charge in [-0.3, -0.25) is 4.79 Å². The molecule has 0 aliphatic heterocycles. The van der Waals surface area contributed by atoms with E-state index < -0.39 is 0 Å². The van der Waals surface area contributed by atoms with Crippen molar-refractivity contribution in [1.82, 2.24) is 4.57 Å². The first-order valence-electron chi connectivity index (χ1n) is 5.93. The molecule has 3 heteroatoms. The summed E-state index contributed by atoms with van der Waals surface area (Å²) in [5, 5.41) is 1.12. The monoisotopic (exact) mass is 230 g/mol. The van der Waals surface area contributed by atoms with Crippen molar-refractivity contribution < 1.29 is 0 Å². The summed E-state index contributed by atoms with van der Waals surface area (Å²) in [5.41, 5.74) is 8.60. The lowest BCUT2D eigenvalue weighted by molar-refractivity contribution is 0.798. The highest BCUT2D eigenvalue weighted by Gasteiger charge is 2.07. The van der Waals surface area contributed by atoms with E-state index in [0.717, 1.165) is 34.9 Å². The first-order valence-corrected chi connectivity index (χ1v) is 5.93. The van der Waals surface area contributed by atoms with Crippen molar-refractivity contribution in [3.05, 3.63) is 45.7 Å². The number of fused-ring (bicyclic) bond motifs is 1. The fraction of sp³-hybridized carbons (Fsp3) is 0.357. The summed E-state index contributed by atoms with van der Waals surface area (Å²) in [4.78, 5) is 12.2. The van der Waals surface area contributed by atoms with E-state index >= 15 is 0 Å². The Kier molecular flexibility index (Phi) is 3.29. The summed E-state index contributed by atoms with van der Waals surface area (Å²) in [6, 6.07) is 8.10. The van der Waals surface area contributed by atoms with Gasteiger partial charge in [-0.1, -0.05) is 18.2 Å². The number of benzene rings is 1. The zero-order valence-electron chi connectivity index (χ0n) is 10.4. The number of pyridine rings is 1. The van der Waals surface area contributed by atoms with Gasteiger partial charge in [-0.15, -0.1) is 0 Å². The third-order valence-electron chi connectivity index (χ3n) is 3.16. The van der Waals surface area contributed by atoms with Crippen molar-refractivity contribution in [3.63, 3.8) is 0 Å². The smallest absolute Gasteiger partial charge is 0.253 e. The van der Waals surface area contributed by atoms with Crippen LogP contribution in [0.5, 0.6) is 0 Å². The molecular weight excluding hydrogens is 212 g/mol. The number of aryl methyl sites for hydroxylation is 3. The minimum absolute atomic E-state index is 0.0975. The lowest BCUT2D eigenvalue weighted by Crippen LogP contribution is -2.22. The van der Waals surface area contributed by atoms with Crippen LogP contribution < -0.4 is 11.3 Å². The highest BCUT2D eigenvalue weighted by Crippen LogP contribution is 2.17. The molecule has 1 aromatic heterocycles. The van der Waals surface area contributed by atoms with Gasteiger partial charge in [-0.2, -0.15) is 0 Å². The molecule has 90 valence electrons. The Hall–Kier alpha value is -1.61. The van der Waals surface area contributed by atoms with Crippen molar-refractivity contribution in [2.24, 2.45) is 12.8 Å². The molecular formula is C14H18N2O. The first-order chi connectivity index (χ1) is 8.15. The highest BCUT2D eigenvalue weighted by atomic mass is 16.1. The molecule has 0 atom stereocenters. The predicted octanol–water partition coefficient (Wildman–Crippen LogP) is 1.74. The largest absolute Gasteiger partial charge is 0.330 e. The van der Waals surface area contributed by atoms with Crippen molar-refractivity contribution in [1.29, 1.82) is 0 Å². The molecule has 0 aliphatic rings. The minimum atomic E-state index is 0.0975. The van der Waals surface area contributed by atoms with E-state index in [4.69, 9.17) is 5.73 Å². The predicted molar refractivity (Wildman–Crippen MR) is 71.3 cm³/mol. The molecule has 0 fully saturated rings. The fourth-order valence-corrected chi connectivity index (χ4v) is 2.29. The Balaban J connectivity index is 2.67. The van der Waals surface area contributed by atoms with Crippen LogP contribution in [0.15, 0.2) is 29.1 Å². The molecule has 2 N–H and O–H groups in total. The van der Waals surface area contributed by atoms with Gasteiger partial charge >= 0.3 is 0 Å². The van der Waals surface area contributed by atoms with Gasteiger partial charge in [-0.25, -0.2) is 0 Å². The van der Waals surface area contributed by atoms with E-state index in [0.29, 0.717) is 6.54 Å². The average Bonchev–Trinajstić information content (AvgIpc) is 2.32. The maximum Gasteiger partial charge on any atom is 0.253 e. The van der Waals surface area contributed by atoms with Crippen LogP contribution in [-0.2, 0) is 13.5 Å². The molecule has 0 spiro atoms. The molecule has 1 heterocycles. The van der Waals surface area contributed by atoms with Gasteiger partial charge in [-0.05, 0) is 43.3 Å². The van der Waals surface area contributed by atoms with Gasteiger partial charge in [0.25, 0.3) is 5.56 Å².